The van der Waals surface area contributed by atoms with E-state index in [0.717, 1.165) is 38.5 Å². The molecule has 6 heteroatoms. The van der Waals surface area contributed by atoms with Crippen LogP contribution in [0.3, 0.4) is 0 Å². The summed E-state index contributed by atoms with van der Waals surface area (Å²) in [5.41, 5.74) is 0. The SMILES string of the molecule is CCCCCCCC/C=C\CCCCCCCCOP(=O)([O-])OCCCCCCCC/C=C\CCCCCCCC.[Nd]. The Morgan fingerprint density at radius 3 is 0.952 bits per heavy atom. The summed E-state index contributed by atoms with van der Waals surface area (Å²) in [6.07, 6.45) is 44.0. The average molecular weight is 742 g/mol. The Morgan fingerprint density at radius 1 is 0.429 bits per heavy atom. The van der Waals surface area contributed by atoms with E-state index in [1.807, 2.05) is 0 Å². The summed E-state index contributed by atoms with van der Waals surface area (Å²) in [6.45, 7) is 5.02. The van der Waals surface area contributed by atoms with Crippen molar-refractivity contribution in [2.75, 3.05) is 13.2 Å². The van der Waals surface area contributed by atoms with Crippen LogP contribution in [0.4, 0.5) is 0 Å². The van der Waals surface area contributed by atoms with Crippen molar-refractivity contribution in [3.63, 3.8) is 0 Å². The third-order valence-electron chi connectivity index (χ3n) is 7.81. The molecule has 0 aromatic rings. The zero-order chi connectivity index (χ0) is 30.0. The van der Waals surface area contributed by atoms with E-state index in [4.69, 9.17) is 9.05 Å². The van der Waals surface area contributed by atoms with Crippen LogP contribution in [0.25, 0.3) is 0 Å². The Labute approximate surface area is 296 Å². The topological polar surface area (TPSA) is 58.6 Å². The van der Waals surface area contributed by atoms with E-state index in [-0.39, 0.29) is 54.1 Å². The van der Waals surface area contributed by atoms with Gasteiger partial charge in [0.2, 0.25) is 0 Å². The molecule has 0 aliphatic heterocycles. The second-order valence-electron chi connectivity index (χ2n) is 12.0. The molecule has 42 heavy (non-hydrogen) atoms. The quantitative estimate of drug-likeness (QED) is 0.0374. The van der Waals surface area contributed by atoms with Crippen molar-refractivity contribution in [1.29, 1.82) is 0 Å². The van der Waals surface area contributed by atoms with Gasteiger partial charge in [-0.2, -0.15) is 0 Å². The number of hydrogen-bond donors (Lipinski definition) is 0. The monoisotopic (exact) mass is 739 g/mol. The van der Waals surface area contributed by atoms with Gasteiger partial charge in [-0.25, -0.2) is 0 Å². The number of phosphoric acid groups is 1. The molecule has 0 saturated heterocycles. The molecule has 0 aromatic heterocycles. The van der Waals surface area contributed by atoms with Gasteiger partial charge in [-0.15, -0.1) is 0 Å². The van der Waals surface area contributed by atoms with Crippen LogP contribution in [-0.2, 0) is 13.6 Å². The molecule has 0 spiro atoms. The van der Waals surface area contributed by atoms with Gasteiger partial charge in [0.05, 0.1) is 13.2 Å². The van der Waals surface area contributed by atoms with Gasteiger partial charge in [0.15, 0.2) is 0 Å². The third-order valence-corrected chi connectivity index (χ3v) is 8.81. The molecule has 248 valence electrons. The van der Waals surface area contributed by atoms with Crippen molar-refractivity contribution in [3.8, 4) is 0 Å². The first-order chi connectivity index (χ1) is 20.1. The molecule has 0 aromatic carbocycles. The zero-order valence-electron chi connectivity index (χ0n) is 28.1. The Kier molecular flexibility index (Phi) is 40.9. The number of unbranched alkanes of at least 4 members (excludes halogenated alkanes) is 24. The molecule has 0 radical (unpaired) electrons. The number of phosphoric ester groups is 1. The van der Waals surface area contributed by atoms with Crippen LogP contribution in [0.15, 0.2) is 24.3 Å². The minimum Gasteiger partial charge on any atom is -0.756 e. The first-order valence-electron chi connectivity index (χ1n) is 18.0. The predicted octanol–water partition coefficient (Wildman–Crippen LogP) is 12.6. The van der Waals surface area contributed by atoms with E-state index in [9.17, 15) is 9.46 Å². The molecule has 0 saturated carbocycles. The van der Waals surface area contributed by atoms with Gasteiger partial charge in [0.25, 0.3) is 7.82 Å². The minimum atomic E-state index is -4.14. The molecular formula is C36H70NdO4P-. The largest absolute Gasteiger partial charge is 0.756 e. The predicted molar refractivity (Wildman–Crippen MR) is 178 cm³/mol. The Morgan fingerprint density at radius 2 is 0.667 bits per heavy atom. The van der Waals surface area contributed by atoms with E-state index in [1.165, 1.54) is 141 Å². The van der Waals surface area contributed by atoms with Crippen LogP contribution in [0, 0.1) is 40.8 Å². The fraction of sp³-hybridized carbons (Fsp3) is 0.889. The summed E-state index contributed by atoms with van der Waals surface area (Å²) in [5, 5.41) is 0. The molecule has 0 heterocycles. The second kappa shape index (κ2) is 38.1. The first kappa shape index (κ1) is 45.1. The Balaban J connectivity index is 0. The molecule has 0 unspecified atom stereocenters. The Hall–Kier alpha value is 0.941. The second-order valence-corrected chi connectivity index (χ2v) is 13.4. The van der Waals surface area contributed by atoms with E-state index in [1.54, 1.807) is 0 Å². The van der Waals surface area contributed by atoms with Gasteiger partial charge < -0.3 is 13.9 Å². The number of hydrogen-bond acceptors (Lipinski definition) is 4. The molecule has 0 bridgehead atoms. The molecule has 0 fully saturated rings. The first-order valence-corrected chi connectivity index (χ1v) is 19.5. The standard InChI is InChI=1S/C36H71O4P.Nd/c1-3-5-7-9-11-13-15-17-19-21-23-25-27-29-31-33-35-39-41(37,38)40-36-34-32-30-28-26-24-22-20-18-16-14-12-10-8-6-4-2;/h17-20H,3-16,21-36H2,1-2H3,(H,37,38);/p-1/b19-17-,20-18-;. The van der Waals surface area contributed by atoms with Crippen LogP contribution in [0.5, 0.6) is 0 Å². The van der Waals surface area contributed by atoms with Crippen LogP contribution in [-0.4, -0.2) is 13.2 Å². The molecule has 0 amide bonds. The van der Waals surface area contributed by atoms with Crippen molar-refractivity contribution < 1.29 is 59.3 Å². The fourth-order valence-electron chi connectivity index (χ4n) is 5.09. The summed E-state index contributed by atoms with van der Waals surface area (Å²) in [7, 11) is -4.14. The summed E-state index contributed by atoms with van der Waals surface area (Å²) < 4.78 is 22.0. The van der Waals surface area contributed by atoms with Gasteiger partial charge >= 0.3 is 0 Å². The maximum atomic E-state index is 11.9. The number of allylic oxidation sites excluding steroid dienone is 4. The van der Waals surface area contributed by atoms with E-state index in [2.05, 4.69) is 38.2 Å². The maximum absolute atomic E-state index is 11.9. The third kappa shape index (κ3) is 39.0. The normalized spacial score (nSPS) is 12.1. The van der Waals surface area contributed by atoms with Crippen molar-refractivity contribution >= 4 is 7.82 Å². The van der Waals surface area contributed by atoms with Crippen LogP contribution in [0.2, 0.25) is 0 Å². The molecule has 4 nitrogen and oxygen atoms in total. The van der Waals surface area contributed by atoms with Gasteiger partial charge in [-0.3, -0.25) is 4.57 Å². The summed E-state index contributed by atoms with van der Waals surface area (Å²) >= 11 is 0. The maximum Gasteiger partial charge on any atom is 0.267 e. The van der Waals surface area contributed by atoms with Crippen molar-refractivity contribution in [2.24, 2.45) is 0 Å². The van der Waals surface area contributed by atoms with Gasteiger partial charge in [0.1, 0.15) is 0 Å². The van der Waals surface area contributed by atoms with Crippen LogP contribution >= 0.6 is 7.82 Å². The smallest absolute Gasteiger partial charge is 0.267 e. The minimum absolute atomic E-state index is 0. The molecule has 0 aliphatic rings. The van der Waals surface area contributed by atoms with Gasteiger partial charge in [-0.1, -0.05) is 154 Å². The summed E-state index contributed by atoms with van der Waals surface area (Å²) in [4.78, 5) is 11.9. The van der Waals surface area contributed by atoms with E-state index < -0.39 is 7.82 Å². The van der Waals surface area contributed by atoms with Crippen molar-refractivity contribution in [1.82, 2.24) is 0 Å². The van der Waals surface area contributed by atoms with E-state index >= 15 is 0 Å². The summed E-state index contributed by atoms with van der Waals surface area (Å²) in [5.74, 6) is 0. The zero-order valence-corrected chi connectivity index (χ0v) is 32.2. The van der Waals surface area contributed by atoms with Crippen LogP contribution < -0.4 is 4.89 Å². The van der Waals surface area contributed by atoms with Crippen molar-refractivity contribution in [2.45, 2.75) is 194 Å². The average Bonchev–Trinajstić information content (AvgIpc) is 2.96. The number of rotatable bonds is 34. The molecular weight excluding hydrogens is 672 g/mol. The van der Waals surface area contributed by atoms with Gasteiger partial charge in [-0.05, 0) is 64.2 Å². The van der Waals surface area contributed by atoms with E-state index in [0.29, 0.717) is 0 Å². The van der Waals surface area contributed by atoms with Crippen molar-refractivity contribution in [3.05, 3.63) is 24.3 Å². The molecule has 0 atom stereocenters. The molecule has 0 N–H and O–H groups in total. The molecule has 0 rings (SSSR count). The summed E-state index contributed by atoms with van der Waals surface area (Å²) in [6, 6.07) is 0. The fourth-order valence-corrected chi connectivity index (χ4v) is 5.87. The van der Waals surface area contributed by atoms with Gasteiger partial charge in [0, 0.05) is 40.8 Å². The van der Waals surface area contributed by atoms with Crippen LogP contribution in [0.1, 0.15) is 194 Å². The Bertz CT molecular complexity index is 563. The molecule has 0 aliphatic carbocycles.